The van der Waals surface area contributed by atoms with Crippen molar-refractivity contribution in [1.29, 1.82) is 0 Å². The molecule has 1 heterocycles. The van der Waals surface area contributed by atoms with Gasteiger partial charge in [-0.3, -0.25) is 0 Å². The second kappa shape index (κ2) is 5.82. The highest BCUT2D eigenvalue weighted by atomic mass is 35.5. The quantitative estimate of drug-likeness (QED) is 0.683. The minimum Gasteiger partial charge on any atom is -0.244 e. The predicted molar refractivity (Wildman–Crippen MR) is 70.9 cm³/mol. The van der Waals surface area contributed by atoms with Crippen LogP contribution in [0.1, 0.15) is 19.3 Å². The fraction of sp³-hybridized carbons (Fsp3) is 0.417. The molecule has 0 amide bonds. The van der Waals surface area contributed by atoms with Gasteiger partial charge in [0.2, 0.25) is 10.0 Å². The van der Waals surface area contributed by atoms with E-state index in [0.717, 1.165) is 19.3 Å². The van der Waals surface area contributed by atoms with E-state index >= 15 is 0 Å². The summed E-state index contributed by atoms with van der Waals surface area (Å²) in [6, 6.07) is 2.79. The number of hydrogen-bond donors (Lipinski definition) is 1. The van der Waals surface area contributed by atoms with Crippen molar-refractivity contribution in [2.75, 3.05) is 6.54 Å². The lowest BCUT2D eigenvalue weighted by atomic mass is 9.95. The molecule has 0 aliphatic heterocycles. The van der Waals surface area contributed by atoms with Crippen LogP contribution in [0.25, 0.3) is 0 Å². The van der Waals surface area contributed by atoms with Crippen LogP contribution >= 0.6 is 11.6 Å². The Morgan fingerprint density at radius 1 is 1.44 bits per heavy atom. The maximum atomic E-state index is 12.0. The molecule has 98 valence electrons. The first kappa shape index (κ1) is 13.5. The van der Waals surface area contributed by atoms with E-state index in [9.17, 15) is 8.42 Å². The van der Waals surface area contributed by atoms with Gasteiger partial charge in [-0.05, 0) is 37.3 Å². The molecule has 1 unspecified atom stereocenters. The van der Waals surface area contributed by atoms with Gasteiger partial charge in [-0.25, -0.2) is 18.1 Å². The predicted octanol–water partition coefficient (Wildman–Crippen LogP) is 2.37. The Morgan fingerprint density at radius 3 is 2.94 bits per heavy atom. The van der Waals surface area contributed by atoms with Gasteiger partial charge in [0.15, 0.2) is 0 Å². The van der Waals surface area contributed by atoms with E-state index in [4.69, 9.17) is 11.6 Å². The van der Waals surface area contributed by atoms with Crippen molar-refractivity contribution in [2.24, 2.45) is 5.92 Å². The Morgan fingerprint density at radius 2 is 2.28 bits per heavy atom. The first-order valence-electron chi connectivity index (χ1n) is 5.84. The van der Waals surface area contributed by atoms with Gasteiger partial charge in [0, 0.05) is 12.7 Å². The molecule has 0 saturated heterocycles. The summed E-state index contributed by atoms with van der Waals surface area (Å²) in [4.78, 5) is 3.93. The van der Waals surface area contributed by atoms with Crippen LogP contribution in [0.15, 0.2) is 35.4 Å². The molecule has 0 radical (unpaired) electrons. The summed E-state index contributed by atoms with van der Waals surface area (Å²) < 4.78 is 26.6. The standard InChI is InChI=1S/C12H15ClN2O2S/c13-12-8-11(6-7-14-12)18(16,17)15-9-10-4-2-1-3-5-10/h1-2,6-8,10,15H,3-5,9H2. The van der Waals surface area contributed by atoms with Crippen LogP contribution in [-0.2, 0) is 10.0 Å². The Balaban J connectivity index is 2.01. The summed E-state index contributed by atoms with van der Waals surface area (Å²) in [6.45, 7) is 0.465. The number of allylic oxidation sites excluding steroid dienone is 2. The molecule has 0 saturated carbocycles. The van der Waals surface area contributed by atoms with Gasteiger partial charge in [0.25, 0.3) is 0 Å². The number of pyridine rings is 1. The van der Waals surface area contributed by atoms with E-state index in [1.807, 2.05) is 0 Å². The lowest BCUT2D eigenvalue weighted by molar-refractivity contribution is 0.468. The van der Waals surface area contributed by atoms with E-state index in [-0.39, 0.29) is 10.0 Å². The van der Waals surface area contributed by atoms with Crippen molar-refractivity contribution >= 4 is 21.6 Å². The number of rotatable bonds is 4. The third-order valence-electron chi connectivity index (χ3n) is 2.95. The highest BCUT2D eigenvalue weighted by Gasteiger charge is 2.17. The molecule has 1 aromatic heterocycles. The van der Waals surface area contributed by atoms with Crippen LogP contribution in [0.3, 0.4) is 0 Å². The van der Waals surface area contributed by atoms with Gasteiger partial charge in [0.1, 0.15) is 5.15 Å². The average molecular weight is 287 g/mol. The van der Waals surface area contributed by atoms with Gasteiger partial charge >= 0.3 is 0 Å². The molecule has 1 aliphatic rings. The normalized spacial score (nSPS) is 19.9. The van der Waals surface area contributed by atoms with Gasteiger partial charge in [-0.2, -0.15) is 0 Å². The van der Waals surface area contributed by atoms with Crippen LogP contribution in [0, 0.1) is 5.92 Å². The largest absolute Gasteiger partial charge is 0.244 e. The molecular weight excluding hydrogens is 272 g/mol. The van der Waals surface area contributed by atoms with Crippen LogP contribution < -0.4 is 4.72 Å². The van der Waals surface area contributed by atoms with E-state index in [1.54, 1.807) is 0 Å². The number of nitrogens with zero attached hydrogens (tertiary/aromatic N) is 1. The lowest BCUT2D eigenvalue weighted by Crippen LogP contribution is -2.29. The van der Waals surface area contributed by atoms with Crippen LogP contribution in [0.2, 0.25) is 5.15 Å². The minimum absolute atomic E-state index is 0.161. The molecule has 0 aromatic carbocycles. The summed E-state index contributed by atoms with van der Waals surface area (Å²) in [5.41, 5.74) is 0. The van der Waals surface area contributed by atoms with E-state index in [1.165, 1.54) is 18.3 Å². The number of nitrogens with one attached hydrogen (secondary N) is 1. The second-order valence-electron chi connectivity index (χ2n) is 4.32. The van der Waals surface area contributed by atoms with Crippen molar-refractivity contribution in [3.63, 3.8) is 0 Å². The van der Waals surface area contributed by atoms with Crippen molar-refractivity contribution < 1.29 is 8.42 Å². The third-order valence-corrected chi connectivity index (χ3v) is 4.58. The Bertz CT molecular complexity index is 543. The van der Waals surface area contributed by atoms with Crippen molar-refractivity contribution in [1.82, 2.24) is 9.71 Å². The molecule has 0 fully saturated rings. The summed E-state index contributed by atoms with van der Waals surface area (Å²) in [5, 5.41) is 0.179. The van der Waals surface area contributed by atoms with Crippen molar-refractivity contribution in [3.8, 4) is 0 Å². The minimum atomic E-state index is -3.48. The molecule has 1 atom stereocenters. The fourth-order valence-electron chi connectivity index (χ4n) is 1.90. The number of hydrogen-bond acceptors (Lipinski definition) is 3. The molecule has 1 aromatic rings. The van der Waals surface area contributed by atoms with Gasteiger partial charge in [-0.1, -0.05) is 23.8 Å². The summed E-state index contributed by atoms with van der Waals surface area (Å²) in [6.07, 6.45) is 8.60. The first-order valence-corrected chi connectivity index (χ1v) is 7.70. The fourth-order valence-corrected chi connectivity index (χ4v) is 3.27. The summed E-state index contributed by atoms with van der Waals surface area (Å²) in [7, 11) is -3.48. The molecule has 0 spiro atoms. The molecular formula is C12H15ClN2O2S. The first-order chi connectivity index (χ1) is 8.58. The topological polar surface area (TPSA) is 59.1 Å². The third kappa shape index (κ3) is 3.54. The van der Waals surface area contributed by atoms with Gasteiger partial charge in [-0.15, -0.1) is 0 Å². The Labute approximate surface area is 112 Å². The molecule has 4 nitrogen and oxygen atoms in total. The zero-order chi connectivity index (χ0) is 13.0. The maximum absolute atomic E-state index is 12.0. The van der Waals surface area contributed by atoms with Crippen LogP contribution in [-0.4, -0.2) is 19.9 Å². The van der Waals surface area contributed by atoms with Crippen LogP contribution in [0.5, 0.6) is 0 Å². The van der Waals surface area contributed by atoms with Crippen LogP contribution in [0.4, 0.5) is 0 Å². The van der Waals surface area contributed by atoms with Gasteiger partial charge < -0.3 is 0 Å². The monoisotopic (exact) mass is 286 g/mol. The average Bonchev–Trinajstić information content (AvgIpc) is 2.38. The zero-order valence-electron chi connectivity index (χ0n) is 9.84. The highest BCUT2D eigenvalue weighted by Crippen LogP contribution is 2.18. The molecule has 0 bridgehead atoms. The Kier molecular flexibility index (Phi) is 4.37. The van der Waals surface area contributed by atoms with E-state index in [2.05, 4.69) is 21.9 Å². The van der Waals surface area contributed by atoms with Crippen molar-refractivity contribution in [3.05, 3.63) is 35.6 Å². The number of aromatic nitrogens is 1. The second-order valence-corrected chi connectivity index (χ2v) is 6.47. The molecule has 1 aliphatic carbocycles. The molecule has 1 N–H and O–H groups in total. The molecule has 6 heteroatoms. The van der Waals surface area contributed by atoms with Crippen molar-refractivity contribution in [2.45, 2.75) is 24.2 Å². The summed E-state index contributed by atoms with van der Waals surface area (Å²) >= 11 is 5.69. The summed E-state index contributed by atoms with van der Waals surface area (Å²) in [5.74, 6) is 0.377. The maximum Gasteiger partial charge on any atom is 0.240 e. The SMILES string of the molecule is O=S(=O)(NCC1CC=CCC1)c1ccnc(Cl)c1. The Hall–Kier alpha value is -0.910. The van der Waals surface area contributed by atoms with E-state index < -0.39 is 10.0 Å². The number of sulfonamides is 1. The molecule has 2 rings (SSSR count). The van der Waals surface area contributed by atoms with E-state index in [0.29, 0.717) is 12.5 Å². The smallest absolute Gasteiger partial charge is 0.240 e. The van der Waals surface area contributed by atoms with Gasteiger partial charge in [0.05, 0.1) is 4.90 Å². The zero-order valence-corrected chi connectivity index (χ0v) is 11.4. The molecule has 18 heavy (non-hydrogen) atoms. The lowest BCUT2D eigenvalue weighted by Gasteiger charge is -2.18. The highest BCUT2D eigenvalue weighted by molar-refractivity contribution is 7.89. The number of halogens is 1.